The zero-order valence-electron chi connectivity index (χ0n) is 34.0. The number of nitrogens with one attached hydrogen (secondary N) is 2. The third-order valence-electron chi connectivity index (χ3n) is 7.37. The van der Waals surface area contributed by atoms with Gasteiger partial charge < -0.3 is 39.4 Å². The average Bonchev–Trinajstić information content (AvgIpc) is 3.12. The second kappa shape index (κ2) is 25.9. The number of anilines is 1. The minimum absolute atomic E-state index is 0.0109. The van der Waals surface area contributed by atoms with Crippen LogP contribution in [-0.2, 0) is 36.0 Å². The van der Waals surface area contributed by atoms with E-state index in [1.807, 2.05) is 19.2 Å². The average molecular weight is 950 g/mol. The predicted octanol–water partition coefficient (Wildman–Crippen LogP) is 7.81. The molecule has 3 aromatic carbocycles. The van der Waals surface area contributed by atoms with Gasteiger partial charge in [-0.05, 0) is 86.5 Å². The van der Waals surface area contributed by atoms with Crippen LogP contribution in [0, 0.1) is 34.1 Å². The summed E-state index contributed by atoms with van der Waals surface area (Å²) in [5.41, 5.74) is -0.562. The Labute approximate surface area is 361 Å². The fourth-order valence-electron chi connectivity index (χ4n) is 4.28. The topological polar surface area (TPSA) is 281 Å². The van der Waals surface area contributed by atoms with E-state index in [1.54, 1.807) is 13.8 Å². The van der Waals surface area contributed by atoms with E-state index >= 15 is 0 Å². The molecule has 0 aliphatic carbocycles. The van der Waals surface area contributed by atoms with Crippen molar-refractivity contribution in [3.8, 4) is 11.5 Å². The van der Waals surface area contributed by atoms with E-state index in [2.05, 4.69) is 24.1 Å². The number of alkyl halides is 3. The Morgan fingerprint density at radius 3 is 1.93 bits per heavy atom. The van der Waals surface area contributed by atoms with Crippen LogP contribution in [0.25, 0.3) is 0 Å². The van der Waals surface area contributed by atoms with Gasteiger partial charge in [-0.3, -0.25) is 30.3 Å². The van der Waals surface area contributed by atoms with Crippen LogP contribution in [0.1, 0.15) is 60.7 Å². The van der Waals surface area contributed by atoms with Crippen LogP contribution in [0.5, 0.6) is 11.5 Å². The summed E-state index contributed by atoms with van der Waals surface area (Å²) < 4.78 is 58.1. The van der Waals surface area contributed by atoms with Crippen molar-refractivity contribution in [1.82, 2.24) is 5.32 Å². The number of carbonyl (C=O) groups is 3. The number of rotatable bonds is 15. The van der Waals surface area contributed by atoms with Gasteiger partial charge in [-0.15, -0.1) is 0 Å². The molecule has 0 aromatic heterocycles. The summed E-state index contributed by atoms with van der Waals surface area (Å²) >= 11 is 11.7. The SMILES string of the molecule is CCC(CC)Nc1c([N+](=O)[O-])cc(C)c(C)c1[N+](=O)[O-].C[C@H](OC(=O)c1cc(Oc2ccc(C(F)(F)F)cc2Cl)ccc1Cl)C(=O)O.C[S+](C)C.O=C(O)CNCP(=O)([O-])O. The number of nitro groups is 2. The quantitative estimate of drug-likeness (QED) is 0.0319. The molecule has 61 heavy (non-hydrogen) atoms. The molecule has 3 rings (SSSR count). The highest BCUT2D eigenvalue weighted by Crippen LogP contribution is 2.40. The molecule has 0 amide bonds. The highest BCUT2D eigenvalue weighted by molar-refractivity contribution is 7.94. The van der Waals surface area contributed by atoms with Gasteiger partial charge in [0.1, 0.15) is 19.1 Å². The van der Waals surface area contributed by atoms with Crippen molar-refractivity contribution in [3.05, 3.63) is 95.0 Å². The summed E-state index contributed by atoms with van der Waals surface area (Å²) in [4.78, 5) is 71.9. The fraction of sp³-hybridized carbons (Fsp3) is 0.417. The van der Waals surface area contributed by atoms with Crippen LogP contribution >= 0.6 is 30.8 Å². The summed E-state index contributed by atoms with van der Waals surface area (Å²) in [6.07, 6.45) is 1.39. The van der Waals surface area contributed by atoms with Crippen molar-refractivity contribution in [3.63, 3.8) is 0 Å². The lowest BCUT2D eigenvalue weighted by Gasteiger charge is -2.17. The minimum atomic E-state index is -4.56. The normalized spacial score (nSPS) is 12.2. The monoisotopic (exact) mass is 948 g/mol. The molecule has 0 aliphatic rings. The van der Waals surface area contributed by atoms with Crippen molar-refractivity contribution in [2.24, 2.45) is 0 Å². The molecule has 0 saturated heterocycles. The number of benzene rings is 3. The van der Waals surface area contributed by atoms with Gasteiger partial charge in [0, 0.05) is 17.7 Å². The molecule has 0 aliphatic heterocycles. The molecule has 5 N–H and O–H groups in total. The van der Waals surface area contributed by atoms with Crippen LogP contribution < -0.4 is 20.3 Å². The summed E-state index contributed by atoms with van der Waals surface area (Å²) in [7, 11) is -3.71. The smallest absolute Gasteiger partial charge is 0.416 e. The number of carboxylic acid groups (broad SMARTS) is 2. The molecule has 18 nitrogen and oxygen atoms in total. The Morgan fingerprint density at radius 1 is 0.951 bits per heavy atom. The molecule has 2 atom stereocenters. The first-order valence-electron chi connectivity index (χ1n) is 17.4. The molecule has 25 heteroatoms. The standard InChI is InChI=1S/C17H11Cl2F3O5.C13H19N3O4.C3H8NO5P.C3H9S/c1-8(15(23)24)26-16(25)11-7-10(3-4-12(11)18)27-14-5-2-9(6-13(14)19)17(20,21)22;1-5-10(6-2)14-12-11(15(17)18)7-8(3)9(4)13(12)16(19)20;5-3(6)1-4-2-10(7,8)9;1-4(2)3/h2-8H,1H3,(H,23,24);7,10,14H,5-6H2,1-4H3;4H,1-2H2,(H,5,6)(H2,7,8,9);1-3H3/q;;;+1/p-1/t8-;;;/m0.../s1. The van der Waals surface area contributed by atoms with E-state index < -0.39 is 66.0 Å². The number of nitrogens with zero attached hydrogens (tertiary/aromatic N) is 2. The molecule has 340 valence electrons. The maximum atomic E-state index is 12.7. The molecule has 0 radical (unpaired) electrons. The Hall–Kier alpha value is -4.70. The van der Waals surface area contributed by atoms with Gasteiger partial charge in [0.25, 0.3) is 5.69 Å². The van der Waals surface area contributed by atoms with Gasteiger partial charge in [0.15, 0.2) is 11.8 Å². The summed E-state index contributed by atoms with van der Waals surface area (Å²) in [5, 5.41) is 43.8. The van der Waals surface area contributed by atoms with E-state index in [-0.39, 0.29) is 50.2 Å². The third-order valence-corrected chi connectivity index (χ3v) is 8.62. The van der Waals surface area contributed by atoms with Crippen LogP contribution in [0.4, 0.5) is 30.2 Å². The van der Waals surface area contributed by atoms with Crippen LogP contribution in [0.15, 0.2) is 42.5 Å². The lowest BCUT2D eigenvalue weighted by Crippen LogP contribution is -2.25. The molecule has 0 heterocycles. The van der Waals surface area contributed by atoms with E-state index in [9.17, 15) is 57.2 Å². The molecular weight excluding hydrogens is 903 g/mol. The van der Waals surface area contributed by atoms with E-state index in [0.717, 1.165) is 38.0 Å². The number of nitro benzene ring substituents is 2. The first-order chi connectivity index (χ1) is 28.0. The maximum absolute atomic E-state index is 12.7. The highest BCUT2D eigenvalue weighted by Gasteiger charge is 2.32. The van der Waals surface area contributed by atoms with E-state index in [4.69, 9.17) is 47.8 Å². The lowest BCUT2D eigenvalue weighted by molar-refractivity contribution is -0.392. The van der Waals surface area contributed by atoms with Crippen LogP contribution in [0.2, 0.25) is 10.0 Å². The Morgan fingerprint density at radius 2 is 1.51 bits per heavy atom. The molecule has 0 saturated carbocycles. The molecule has 0 spiro atoms. The van der Waals surface area contributed by atoms with Crippen LogP contribution in [-0.4, -0.2) is 86.6 Å². The molecule has 0 bridgehead atoms. The van der Waals surface area contributed by atoms with Gasteiger partial charge >= 0.3 is 29.8 Å². The number of aryl methyl sites for hydroxylation is 1. The van der Waals surface area contributed by atoms with Crippen molar-refractivity contribution in [2.45, 2.75) is 65.8 Å². The summed E-state index contributed by atoms with van der Waals surface area (Å²) in [6.45, 7) is 7.79. The molecular formula is C36H46Cl2F3N4O14PS. The molecule has 1 unspecified atom stereocenters. The number of ether oxygens (including phenoxy) is 2. The minimum Gasteiger partial charge on any atom is -0.778 e. The van der Waals surface area contributed by atoms with Gasteiger partial charge in [-0.1, -0.05) is 37.0 Å². The first kappa shape index (κ1) is 56.3. The second-order valence-electron chi connectivity index (χ2n) is 12.8. The second-order valence-corrected chi connectivity index (χ2v) is 17.7. The number of carboxylic acids is 2. The van der Waals surface area contributed by atoms with Gasteiger partial charge in [0.2, 0.25) is 0 Å². The van der Waals surface area contributed by atoms with Gasteiger partial charge in [-0.25, -0.2) is 9.59 Å². The van der Waals surface area contributed by atoms with Crippen molar-refractivity contribution < 1.29 is 71.4 Å². The van der Waals surface area contributed by atoms with Crippen molar-refractivity contribution in [1.29, 1.82) is 0 Å². The number of carbonyl (C=O) groups excluding carboxylic acids is 1. The maximum Gasteiger partial charge on any atom is 0.416 e. The summed E-state index contributed by atoms with van der Waals surface area (Å²) in [6, 6.07) is 7.68. The Balaban J connectivity index is 0.000000924. The number of hydrogen-bond donors (Lipinski definition) is 5. The third kappa shape index (κ3) is 21.1. The molecule has 3 aromatic rings. The largest absolute Gasteiger partial charge is 0.778 e. The zero-order valence-corrected chi connectivity index (χ0v) is 37.2. The number of aliphatic carboxylic acids is 2. The predicted molar refractivity (Wildman–Crippen MR) is 223 cm³/mol. The summed E-state index contributed by atoms with van der Waals surface area (Å²) in [5.74, 6) is -3.56. The van der Waals surface area contributed by atoms with Gasteiger partial charge in [-0.2, -0.15) is 13.2 Å². The van der Waals surface area contributed by atoms with Gasteiger partial charge in [0.05, 0.1) is 62.6 Å². The number of halogens is 5. The lowest BCUT2D eigenvalue weighted by atomic mass is 10.0. The number of hydrogen-bond acceptors (Lipinski definition) is 13. The van der Waals surface area contributed by atoms with Crippen molar-refractivity contribution >= 4 is 76.7 Å². The Bertz CT molecular complexity index is 2050. The van der Waals surface area contributed by atoms with Crippen LogP contribution in [0.3, 0.4) is 0 Å². The van der Waals surface area contributed by atoms with E-state index in [1.165, 1.54) is 18.2 Å². The van der Waals surface area contributed by atoms with Crippen molar-refractivity contribution in [2.75, 3.05) is 36.9 Å². The zero-order chi connectivity index (χ0) is 47.6. The Kier molecular flexibility index (Phi) is 23.9. The first-order valence-corrected chi connectivity index (χ1v) is 22.4. The highest BCUT2D eigenvalue weighted by atomic mass is 35.5. The number of esters is 1. The van der Waals surface area contributed by atoms with E-state index in [0.29, 0.717) is 28.1 Å². The fourth-order valence-corrected chi connectivity index (χ4v) is 5.09. The molecule has 0 fully saturated rings.